The summed E-state index contributed by atoms with van der Waals surface area (Å²) in [5.74, 6) is 1.61. The molecule has 0 aromatic heterocycles. The van der Waals surface area contributed by atoms with E-state index in [2.05, 4.69) is 32.4 Å². The summed E-state index contributed by atoms with van der Waals surface area (Å²) in [6, 6.07) is 8.47. The molecule has 1 heterocycles. The molecule has 0 saturated carbocycles. The maximum atomic E-state index is 11.1. The van der Waals surface area contributed by atoms with Gasteiger partial charge in [0.2, 0.25) is 10.0 Å². The van der Waals surface area contributed by atoms with Crippen molar-refractivity contribution in [2.45, 2.75) is 32.2 Å². The number of benzene rings is 1. The quantitative estimate of drug-likeness (QED) is 0.281. The predicted molar refractivity (Wildman–Crippen MR) is 118 cm³/mol. The Hall–Kier alpha value is -1.84. The number of likely N-dealkylation sites (tertiary alicyclic amines) is 1. The van der Waals surface area contributed by atoms with Crippen molar-refractivity contribution in [3.8, 4) is 5.75 Å². The largest absolute Gasteiger partial charge is 0.497 e. The summed E-state index contributed by atoms with van der Waals surface area (Å²) >= 11 is 0. The molecule has 3 N–H and O–H groups in total. The Morgan fingerprint density at radius 3 is 2.45 bits per heavy atom. The predicted octanol–water partition coefficient (Wildman–Crippen LogP) is 1.33. The van der Waals surface area contributed by atoms with Crippen LogP contribution in [-0.2, 0) is 10.0 Å². The highest BCUT2D eigenvalue weighted by molar-refractivity contribution is 7.88. The molecule has 1 unspecified atom stereocenters. The maximum Gasteiger partial charge on any atom is 0.208 e. The first-order chi connectivity index (χ1) is 13.9. The number of hydrogen-bond acceptors (Lipinski definition) is 5. The molecule has 1 atom stereocenters. The van der Waals surface area contributed by atoms with Gasteiger partial charge in [0.15, 0.2) is 5.96 Å². The molecule has 0 spiro atoms. The molecule has 1 saturated heterocycles. The minimum atomic E-state index is -3.14. The Bertz CT molecular complexity index is 731. The van der Waals surface area contributed by atoms with Crippen molar-refractivity contribution in [1.82, 2.24) is 20.3 Å². The number of aliphatic imine (C=N–C) groups is 1. The van der Waals surface area contributed by atoms with Gasteiger partial charge in [0.05, 0.1) is 26.0 Å². The van der Waals surface area contributed by atoms with Crippen LogP contribution in [0, 0.1) is 0 Å². The fourth-order valence-corrected chi connectivity index (χ4v) is 3.90. The molecule has 0 bridgehead atoms. The van der Waals surface area contributed by atoms with E-state index in [0.29, 0.717) is 26.1 Å². The summed E-state index contributed by atoms with van der Waals surface area (Å²) in [6.45, 7) is 6.69. The van der Waals surface area contributed by atoms with E-state index in [4.69, 9.17) is 9.73 Å². The fraction of sp³-hybridized carbons (Fsp3) is 0.650. The third-order valence-electron chi connectivity index (χ3n) is 4.86. The zero-order valence-corrected chi connectivity index (χ0v) is 18.6. The molecule has 1 aromatic rings. The average Bonchev–Trinajstić information content (AvgIpc) is 3.22. The third kappa shape index (κ3) is 8.59. The van der Waals surface area contributed by atoms with Crippen molar-refractivity contribution < 1.29 is 13.2 Å². The van der Waals surface area contributed by atoms with Crippen LogP contribution in [0.3, 0.4) is 0 Å². The van der Waals surface area contributed by atoms with Crippen LogP contribution in [-0.4, -0.2) is 71.9 Å². The van der Waals surface area contributed by atoms with Gasteiger partial charge in [0.25, 0.3) is 0 Å². The van der Waals surface area contributed by atoms with E-state index in [1.807, 2.05) is 19.1 Å². The van der Waals surface area contributed by atoms with Gasteiger partial charge in [-0.1, -0.05) is 12.1 Å². The summed E-state index contributed by atoms with van der Waals surface area (Å²) in [4.78, 5) is 7.30. The molecule has 164 valence electrons. The summed E-state index contributed by atoms with van der Waals surface area (Å²) < 4.78 is 30.0. The highest BCUT2D eigenvalue weighted by Gasteiger charge is 2.23. The number of guanidine groups is 1. The second-order valence-electron chi connectivity index (χ2n) is 7.20. The first kappa shape index (κ1) is 23.4. The van der Waals surface area contributed by atoms with Crippen molar-refractivity contribution in [1.29, 1.82) is 0 Å². The molecule has 1 aromatic carbocycles. The summed E-state index contributed by atoms with van der Waals surface area (Å²) in [6.07, 6.45) is 4.30. The Kier molecular flexibility index (Phi) is 9.69. The summed E-state index contributed by atoms with van der Waals surface area (Å²) in [5.41, 5.74) is 1.24. The van der Waals surface area contributed by atoms with Crippen LogP contribution in [0.15, 0.2) is 29.3 Å². The highest BCUT2D eigenvalue weighted by atomic mass is 32.2. The minimum absolute atomic E-state index is 0.228. The SMILES string of the molecule is CCNC(=NCC(c1ccc(OC)cc1)N1CCCC1)NCCCNS(C)(=O)=O. The normalized spacial score (nSPS) is 16.6. The maximum absolute atomic E-state index is 11.1. The monoisotopic (exact) mass is 425 g/mol. The molecule has 29 heavy (non-hydrogen) atoms. The van der Waals surface area contributed by atoms with E-state index < -0.39 is 10.0 Å². The molecular formula is C20H35N5O3S. The topological polar surface area (TPSA) is 95.1 Å². The van der Waals surface area contributed by atoms with Crippen LogP contribution in [0.2, 0.25) is 0 Å². The lowest BCUT2D eigenvalue weighted by atomic mass is 10.1. The van der Waals surface area contributed by atoms with Gasteiger partial charge >= 0.3 is 0 Å². The molecule has 1 aliphatic heterocycles. The Labute approximate surface area is 175 Å². The lowest BCUT2D eigenvalue weighted by Gasteiger charge is -2.27. The molecule has 8 nitrogen and oxygen atoms in total. The van der Waals surface area contributed by atoms with E-state index in [1.165, 1.54) is 24.7 Å². The minimum Gasteiger partial charge on any atom is -0.497 e. The van der Waals surface area contributed by atoms with Gasteiger partial charge in [0, 0.05) is 19.6 Å². The molecule has 9 heteroatoms. The van der Waals surface area contributed by atoms with E-state index in [1.54, 1.807) is 7.11 Å². The van der Waals surface area contributed by atoms with Crippen molar-refractivity contribution in [2.75, 3.05) is 52.6 Å². The highest BCUT2D eigenvalue weighted by Crippen LogP contribution is 2.27. The van der Waals surface area contributed by atoms with Gasteiger partial charge in [-0.05, 0) is 57.0 Å². The number of sulfonamides is 1. The number of rotatable bonds is 11. The van der Waals surface area contributed by atoms with Gasteiger partial charge in [-0.15, -0.1) is 0 Å². The smallest absolute Gasteiger partial charge is 0.208 e. The van der Waals surface area contributed by atoms with E-state index in [9.17, 15) is 8.42 Å². The van der Waals surface area contributed by atoms with Crippen molar-refractivity contribution in [2.24, 2.45) is 4.99 Å². The standard InChI is InChI=1S/C20H35N5O3S/c1-4-21-20(22-12-7-13-24-29(3,26)27)23-16-19(25-14-5-6-15-25)17-8-10-18(28-2)11-9-17/h8-11,19,24H,4-7,12-16H2,1-3H3,(H2,21,22,23). The van der Waals surface area contributed by atoms with Gasteiger partial charge in [-0.2, -0.15) is 0 Å². The second-order valence-corrected chi connectivity index (χ2v) is 9.03. The van der Waals surface area contributed by atoms with Crippen molar-refractivity contribution >= 4 is 16.0 Å². The third-order valence-corrected chi connectivity index (χ3v) is 5.59. The Morgan fingerprint density at radius 2 is 1.86 bits per heavy atom. The average molecular weight is 426 g/mol. The zero-order chi connectivity index (χ0) is 21.1. The van der Waals surface area contributed by atoms with Gasteiger partial charge in [-0.3, -0.25) is 9.89 Å². The number of nitrogens with one attached hydrogen (secondary N) is 3. The van der Waals surface area contributed by atoms with Crippen molar-refractivity contribution in [3.63, 3.8) is 0 Å². The van der Waals surface area contributed by atoms with Gasteiger partial charge in [0.1, 0.15) is 5.75 Å². The van der Waals surface area contributed by atoms with Crippen LogP contribution in [0.4, 0.5) is 0 Å². The Morgan fingerprint density at radius 1 is 1.17 bits per heavy atom. The van der Waals surface area contributed by atoms with Crippen molar-refractivity contribution in [3.05, 3.63) is 29.8 Å². The van der Waals surface area contributed by atoms with Crippen LogP contribution < -0.4 is 20.1 Å². The molecule has 0 amide bonds. The number of hydrogen-bond donors (Lipinski definition) is 3. The van der Waals surface area contributed by atoms with E-state index in [-0.39, 0.29) is 6.04 Å². The number of ether oxygens (including phenoxy) is 1. The van der Waals surface area contributed by atoms with Crippen LogP contribution in [0.25, 0.3) is 0 Å². The first-order valence-corrected chi connectivity index (χ1v) is 12.2. The summed E-state index contributed by atoms with van der Waals surface area (Å²) in [5, 5.41) is 6.56. The van der Waals surface area contributed by atoms with Gasteiger partial charge < -0.3 is 15.4 Å². The van der Waals surface area contributed by atoms with Crippen LogP contribution >= 0.6 is 0 Å². The first-order valence-electron chi connectivity index (χ1n) is 10.3. The number of methoxy groups -OCH3 is 1. The van der Waals surface area contributed by atoms with Gasteiger partial charge in [-0.25, -0.2) is 13.1 Å². The number of nitrogens with zero attached hydrogens (tertiary/aromatic N) is 2. The second kappa shape index (κ2) is 12.0. The molecule has 0 aliphatic carbocycles. The van der Waals surface area contributed by atoms with E-state index >= 15 is 0 Å². The van der Waals surface area contributed by atoms with E-state index in [0.717, 1.165) is 31.3 Å². The molecule has 0 radical (unpaired) electrons. The fourth-order valence-electron chi connectivity index (χ4n) is 3.38. The molecule has 1 fully saturated rings. The lowest BCUT2D eigenvalue weighted by Crippen LogP contribution is -2.39. The molecule has 2 rings (SSSR count). The lowest BCUT2D eigenvalue weighted by molar-refractivity contribution is 0.251. The Balaban J connectivity index is 1.98. The van der Waals surface area contributed by atoms with Crippen LogP contribution in [0.5, 0.6) is 5.75 Å². The molecular weight excluding hydrogens is 390 g/mol. The van der Waals surface area contributed by atoms with Crippen LogP contribution in [0.1, 0.15) is 37.8 Å². The summed E-state index contributed by atoms with van der Waals surface area (Å²) in [7, 11) is -1.46. The molecule has 1 aliphatic rings. The zero-order valence-electron chi connectivity index (χ0n) is 17.8.